The smallest absolute Gasteiger partial charge is 0.118 e. The fourth-order valence-corrected chi connectivity index (χ4v) is 1.63. The highest BCUT2D eigenvalue weighted by Crippen LogP contribution is 2.15. The molecule has 84 valence electrons. The molecule has 0 saturated carbocycles. The van der Waals surface area contributed by atoms with Crippen LogP contribution in [0.5, 0.6) is 0 Å². The number of nitrogens with zero attached hydrogens (tertiary/aromatic N) is 1. The van der Waals surface area contributed by atoms with E-state index >= 15 is 0 Å². The third-order valence-electron chi connectivity index (χ3n) is 2.34. The zero-order valence-corrected chi connectivity index (χ0v) is 10.2. The van der Waals surface area contributed by atoms with E-state index in [-0.39, 0.29) is 0 Å². The maximum atomic E-state index is 5.08. The van der Waals surface area contributed by atoms with Crippen LogP contribution in [-0.4, -0.2) is 20.9 Å². The summed E-state index contributed by atoms with van der Waals surface area (Å²) in [4.78, 5) is 2.08. The Balaban J connectivity index is 2.63. The Morgan fingerprint density at radius 2 is 1.80 bits per heavy atom. The predicted molar refractivity (Wildman–Crippen MR) is 65.3 cm³/mol. The van der Waals surface area contributed by atoms with Crippen LogP contribution in [0.3, 0.4) is 0 Å². The van der Waals surface area contributed by atoms with Gasteiger partial charge in [0.05, 0.1) is 0 Å². The van der Waals surface area contributed by atoms with Crippen molar-refractivity contribution in [3.05, 3.63) is 29.8 Å². The average molecular weight is 207 g/mol. The first-order valence-corrected chi connectivity index (χ1v) is 5.42. The van der Waals surface area contributed by atoms with Gasteiger partial charge in [0.2, 0.25) is 0 Å². The van der Waals surface area contributed by atoms with Crippen LogP contribution < -0.4 is 4.90 Å². The average Bonchev–Trinajstić information content (AvgIpc) is 2.18. The molecular weight excluding hydrogens is 186 g/mol. The molecule has 0 aliphatic heterocycles. The molecular formula is C13H21NO. The molecule has 0 aromatic heterocycles. The second kappa shape index (κ2) is 5.76. The minimum atomic E-state index is 0.628. The van der Waals surface area contributed by atoms with Gasteiger partial charge in [0, 0.05) is 19.8 Å². The van der Waals surface area contributed by atoms with E-state index in [1.165, 1.54) is 11.3 Å². The van der Waals surface area contributed by atoms with E-state index in [9.17, 15) is 0 Å². The van der Waals surface area contributed by atoms with Crippen molar-refractivity contribution in [1.82, 2.24) is 0 Å². The van der Waals surface area contributed by atoms with Crippen molar-refractivity contribution in [2.24, 2.45) is 5.92 Å². The molecule has 0 amide bonds. The van der Waals surface area contributed by atoms with Crippen LogP contribution in [0.1, 0.15) is 19.4 Å². The Labute approximate surface area is 92.9 Å². The van der Waals surface area contributed by atoms with Gasteiger partial charge >= 0.3 is 0 Å². The summed E-state index contributed by atoms with van der Waals surface area (Å²) in [6.07, 6.45) is 1.15. The predicted octanol–water partition coefficient (Wildman–Crippen LogP) is 2.93. The van der Waals surface area contributed by atoms with Gasteiger partial charge in [0.25, 0.3) is 0 Å². The molecule has 0 N–H and O–H groups in total. The van der Waals surface area contributed by atoms with Crippen LogP contribution >= 0.6 is 0 Å². The molecule has 2 heteroatoms. The van der Waals surface area contributed by atoms with Crippen molar-refractivity contribution in [2.45, 2.75) is 20.3 Å². The molecule has 0 atom stereocenters. The number of hydrogen-bond acceptors (Lipinski definition) is 2. The van der Waals surface area contributed by atoms with Gasteiger partial charge in [-0.1, -0.05) is 26.0 Å². The van der Waals surface area contributed by atoms with Crippen molar-refractivity contribution >= 4 is 5.69 Å². The SMILES string of the molecule is COCN(C)c1ccc(CC(C)C)cc1. The second-order valence-corrected chi connectivity index (χ2v) is 4.38. The van der Waals surface area contributed by atoms with Gasteiger partial charge in [0.15, 0.2) is 0 Å². The number of hydrogen-bond donors (Lipinski definition) is 0. The fourth-order valence-electron chi connectivity index (χ4n) is 1.63. The van der Waals surface area contributed by atoms with Crippen molar-refractivity contribution in [3.8, 4) is 0 Å². The van der Waals surface area contributed by atoms with Gasteiger partial charge in [-0.2, -0.15) is 0 Å². The Morgan fingerprint density at radius 1 is 1.20 bits per heavy atom. The van der Waals surface area contributed by atoms with Gasteiger partial charge in [-0.25, -0.2) is 0 Å². The van der Waals surface area contributed by atoms with E-state index in [0.717, 1.165) is 6.42 Å². The fraction of sp³-hybridized carbons (Fsp3) is 0.538. The zero-order chi connectivity index (χ0) is 11.3. The molecule has 0 fully saturated rings. The van der Waals surface area contributed by atoms with Crippen LogP contribution in [0.4, 0.5) is 5.69 Å². The Bertz CT molecular complexity index is 279. The topological polar surface area (TPSA) is 12.5 Å². The minimum absolute atomic E-state index is 0.628. The summed E-state index contributed by atoms with van der Waals surface area (Å²) < 4.78 is 5.08. The van der Waals surface area contributed by atoms with Crippen molar-refractivity contribution in [1.29, 1.82) is 0 Å². The van der Waals surface area contributed by atoms with Gasteiger partial charge < -0.3 is 9.64 Å². The molecule has 0 aliphatic rings. The van der Waals surface area contributed by atoms with Crippen LogP contribution in [-0.2, 0) is 11.2 Å². The standard InChI is InChI=1S/C13H21NO/c1-11(2)9-12-5-7-13(8-6-12)14(3)10-15-4/h5-8,11H,9-10H2,1-4H3. The summed E-state index contributed by atoms with van der Waals surface area (Å²) in [5.41, 5.74) is 2.60. The van der Waals surface area contributed by atoms with Crippen LogP contribution in [0.2, 0.25) is 0 Å². The van der Waals surface area contributed by atoms with E-state index in [4.69, 9.17) is 4.74 Å². The molecule has 1 rings (SSSR count). The van der Waals surface area contributed by atoms with E-state index < -0.39 is 0 Å². The Hall–Kier alpha value is -1.02. The van der Waals surface area contributed by atoms with Crippen molar-refractivity contribution in [3.63, 3.8) is 0 Å². The molecule has 0 heterocycles. The highest BCUT2D eigenvalue weighted by Gasteiger charge is 2.01. The Kier molecular flexibility index (Phi) is 4.63. The molecule has 1 aromatic rings. The molecule has 0 bridgehead atoms. The number of rotatable bonds is 5. The highest BCUT2D eigenvalue weighted by atomic mass is 16.5. The van der Waals surface area contributed by atoms with Crippen molar-refractivity contribution < 1.29 is 4.74 Å². The first-order chi connectivity index (χ1) is 7.13. The van der Waals surface area contributed by atoms with E-state index in [1.807, 2.05) is 7.05 Å². The summed E-state index contributed by atoms with van der Waals surface area (Å²) >= 11 is 0. The summed E-state index contributed by atoms with van der Waals surface area (Å²) in [5, 5.41) is 0. The van der Waals surface area contributed by atoms with Gasteiger partial charge in [-0.05, 0) is 30.0 Å². The molecule has 1 aromatic carbocycles. The molecule has 2 nitrogen and oxygen atoms in total. The van der Waals surface area contributed by atoms with E-state index in [0.29, 0.717) is 12.6 Å². The second-order valence-electron chi connectivity index (χ2n) is 4.38. The number of methoxy groups -OCH3 is 1. The summed E-state index contributed by atoms with van der Waals surface area (Å²) in [5.74, 6) is 0.715. The number of anilines is 1. The molecule has 0 unspecified atom stereocenters. The number of ether oxygens (including phenoxy) is 1. The summed E-state index contributed by atoms with van der Waals surface area (Å²) in [7, 11) is 3.74. The zero-order valence-electron chi connectivity index (χ0n) is 10.2. The largest absolute Gasteiger partial charge is 0.364 e. The minimum Gasteiger partial charge on any atom is -0.364 e. The lowest BCUT2D eigenvalue weighted by molar-refractivity contribution is 0.202. The molecule has 0 aliphatic carbocycles. The van der Waals surface area contributed by atoms with Crippen LogP contribution in [0.25, 0.3) is 0 Å². The van der Waals surface area contributed by atoms with Crippen molar-refractivity contribution in [2.75, 3.05) is 25.8 Å². The van der Waals surface area contributed by atoms with E-state index in [2.05, 4.69) is 43.0 Å². The monoisotopic (exact) mass is 207 g/mol. The normalized spacial score (nSPS) is 10.7. The maximum absolute atomic E-state index is 5.08. The lowest BCUT2D eigenvalue weighted by atomic mass is 10.0. The summed E-state index contributed by atoms with van der Waals surface area (Å²) in [6.45, 7) is 5.11. The maximum Gasteiger partial charge on any atom is 0.118 e. The van der Waals surface area contributed by atoms with Crippen LogP contribution in [0.15, 0.2) is 24.3 Å². The first kappa shape index (κ1) is 12.1. The lowest BCUT2D eigenvalue weighted by Gasteiger charge is -2.18. The molecule has 0 radical (unpaired) electrons. The third-order valence-corrected chi connectivity index (χ3v) is 2.34. The Morgan fingerprint density at radius 3 is 2.27 bits per heavy atom. The molecule has 0 saturated heterocycles. The third kappa shape index (κ3) is 3.92. The summed E-state index contributed by atoms with van der Waals surface area (Å²) in [6, 6.07) is 8.69. The van der Waals surface area contributed by atoms with Gasteiger partial charge in [0.1, 0.15) is 6.73 Å². The highest BCUT2D eigenvalue weighted by molar-refractivity contribution is 5.46. The lowest BCUT2D eigenvalue weighted by Crippen LogP contribution is -2.19. The van der Waals surface area contributed by atoms with E-state index in [1.54, 1.807) is 7.11 Å². The molecule has 0 spiro atoms. The van der Waals surface area contributed by atoms with Crippen LogP contribution in [0, 0.1) is 5.92 Å². The number of benzene rings is 1. The molecule has 15 heavy (non-hydrogen) atoms. The van der Waals surface area contributed by atoms with Gasteiger partial charge in [-0.15, -0.1) is 0 Å². The quantitative estimate of drug-likeness (QED) is 0.688. The van der Waals surface area contributed by atoms with Gasteiger partial charge in [-0.3, -0.25) is 0 Å². The first-order valence-electron chi connectivity index (χ1n) is 5.42.